The second kappa shape index (κ2) is 8.42. The molecule has 0 amide bonds. The van der Waals surface area contributed by atoms with Crippen molar-refractivity contribution < 1.29 is 18.7 Å². The van der Waals surface area contributed by atoms with Gasteiger partial charge in [0.25, 0.3) is 5.56 Å². The van der Waals surface area contributed by atoms with Crippen molar-refractivity contribution in [3.8, 4) is 5.75 Å². The lowest BCUT2D eigenvalue weighted by Crippen LogP contribution is -2.14. The highest BCUT2D eigenvalue weighted by Crippen LogP contribution is 2.21. The van der Waals surface area contributed by atoms with Crippen LogP contribution < -0.4 is 10.3 Å². The molecule has 0 unspecified atom stereocenters. The van der Waals surface area contributed by atoms with Gasteiger partial charge >= 0.3 is 5.97 Å². The number of hydrogen-bond acceptors (Lipinski definition) is 7. The van der Waals surface area contributed by atoms with Crippen LogP contribution in [0, 0.1) is 12.7 Å². The summed E-state index contributed by atoms with van der Waals surface area (Å²) in [6, 6.07) is 14.0. The molecule has 4 aromatic rings. The quantitative estimate of drug-likeness (QED) is 0.440. The van der Waals surface area contributed by atoms with Crippen molar-refractivity contribution in [1.29, 1.82) is 0 Å². The molecule has 7 nitrogen and oxygen atoms in total. The maximum absolute atomic E-state index is 13.0. The van der Waals surface area contributed by atoms with Crippen LogP contribution in [0.5, 0.6) is 5.75 Å². The number of ether oxygens (including phenoxy) is 2. The van der Waals surface area contributed by atoms with Gasteiger partial charge in [-0.3, -0.25) is 4.79 Å². The lowest BCUT2D eigenvalue weighted by atomic mass is 10.2. The van der Waals surface area contributed by atoms with Gasteiger partial charge in [0.2, 0.25) is 4.96 Å². The predicted molar refractivity (Wildman–Crippen MR) is 108 cm³/mol. The molecule has 0 spiro atoms. The van der Waals surface area contributed by atoms with Crippen LogP contribution in [-0.4, -0.2) is 20.6 Å². The van der Waals surface area contributed by atoms with E-state index in [1.807, 2.05) is 0 Å². The first-order chi connectivity index (χ1) is 14.5. The number of halogens is 1. The van der Waals surface area contributed by atoms with Gasteiger partial charge in [-0.05, 0) is 36.8 Å². The summed E-state index contributed by atoms with van der Waals surface area (Å²) in [5.41, 5.74) is 1.33. The Morgan fingerprint density at radius 3 is 2.70 bits per heavy atom. The van der Waals surface area contributed by atoms with E-state index in [2.05, 4.69) is 10.1 Å². The highest BCUT2D eigenvalue weighted by molar-refractivity contribution is 7.16. The summed E-state index contributed by atoms with van der Waals surface area (Å²) in [6.45, 7) is 1.80. The summed E-state index contributed by atoms with van der Waals surface area (Å²) >= 11 is 1.18. The standard InChI is InChI=1S/C21H16FN3O4S/c1-13-10-19(26)25-21(23-13)30-18(24-25)12-29-20(27)16-4-2-3-5-17(16)28-11-14-6-8-15(22)9-7-14/h2-10H,11-12H2,1H3. The Hall–Kier alpha value is -3.59. The lowest BCUT2D eigenvalue weighted by Gasteiger charge is -2.11. The van der Waals surface area contributed by atoms with Gasteiger partial charge in [-0.15, -0.1) is 0 Å². The van der Waals surface area contributed by atoms with E-state index < -0.39 is 5.97 Å². The minimum Gasteiger partial charge on any atom is -0.488 e. The highest BCUT2D eigenvalue weighted by Gasteiger charge is 2.16. The van der Waals surface area contributed by atoms with E-state index in [4.69, 9.17) is 9.47 Å². The molecule has 0 saturated heterocycles. The minimum absolute atomic E-state index is 0.0996. The summed E-state index contributed by atoms with van der Waals surface area (Å²) in [4.78, 5) is 29.2. The second-order valence-corrected chi connectivity index (χ2v) is 7.45. The van der Waals surface area contributed by atoms with Crippen LogP contribution in [0.25, 0.3) is 4.96 Å². The van der Waals surface area contributed by atoms with E-state index >= 15 is 0 Å². The predicted octanol–water partition coefficient (Wildman–Crippen LogP) is 3.53. The Balaban J connectivity index is 1.45. The van der Waals surface area contributed by atoms with Crippen LogP contribution in [0.2, 0.25) is 0 Å². The second-order valence-electron chi connectivity index (χ2n) is 6.41. The van der Waals surface area contributed by atoms with Crippen LogP contribution in [0.3, 0.4) is 0 Å². The Morgan fingerprint density at radius 2 is 1.90 bits per heavy atom. The number of carbonyl (C=O) groups is 1. The smallest absolute Gasteiger partial charge is 0.342 e. The molecule has 2 aromatic heterocycles. The molecule has 30 heavy (non-hydrogen) atoms. The van der Waals surface area contributed by atoms with Crippen molar-refractivity contribution >= 4 is 22.3 Å². The van der Waals surface area contributed by atoms with Crippen LogP contribution in [0.4, 0.5) is 4.39 Å². The van der Waals surface area contributed by atoms with Crippen LogP contribution in [0.1, 0.15) is 26.6 Å². The summed E-state index contributed by atoms with van der Waals surface area (Å²) in [7, 11) is 0. The maximum atomic E-state index is 13.0. The number of carbonyl (C=O) groups excluding carboxylic acids is 1. The highest BCUT2D eigenvalue weighted by atomic mass is 32.1. The zero-order valence-electron chi connectivity index (χ0n) is 15.9. The first-order valence-corrected chi connectivity index (χ1v) is 9.81. The number of para-hydroxylation sites is 1. The van der Waals surface area contributed by atoms with Crippen molar-refractivity contribution in [2.45, 2.75) is 20.1 Å². The number of hydrogen-bond donors (Lipinski definition) is 0. The zero-order valence-corrected chi connectivity index (χ0v) is 16.7. The van der Waals surface area contributed by atoms with E-state index in [1.54, 1.807) is 43.3 Å². The third-order valence-corrected chi connectivity index (χ3v) is 5.04. The van der Waals surface area contributed by atoms with Gasteiger partial charge in [0.1, 0.15) is 30.3 Å². The Labute approximate surface area is 174 Å². The van der Waals surface area contributed by atoms with Gasteiger partial charge in [-0.2, -0.15) is 9.61 Å². The van der Waals surface area contributed by atoms with E-state index in [9.17, 15) is 14.0 Å². The first-order valence-electron chi connectivity index (χ1n) is 8.99. The van der Waals surface area contributed by atoms with Crippen LogP contribution in [0.15, 0.2) is 59.4 Å². The molecular formula is C21H16FN3O4S. The molecule has 0 aliphatic carbocycles. The van der Waals surface area contributed by atoms with Crippen LogP contribution >= 0.6 is 11.3 Å². The van der Waals surface area contributed by atoms with E-state index in [0.717, 1.165) is 5.56 Å². The molecule has 2 aromatic carbocycles. The molecule has 0 saturated carbocycles. The first kappa shape index (κ1) is 19.7. The number of aromatic nitrogens is 3. The van der Waals surface area contributed by atoms with Gasteiger partial charge in [0.05, 0.1) is 0 Å². The molecule has 152 valence electrons. The summed E-state index contributed by atoms with van der Waals surface area (Å²) < 4.78 is 25.3. The molecule has 4 rings (SSSR count). The van der Waals surface area contributed by atoms with E-state index in [-0.39, 0.29) is 30.2 Å². The van der Waals surface area contributed by atoms with Gasteiger partial charge in [-0.25, -0.2) is 14.2 Å². The zero-order chi connectivity index (χ0) is 21.1. The molecule has 0 fully saturated rings. The molecule has 0 N–H and O–H groups in total. The van der Waals surface area contributed by atoms with Crippen molar-refractivity contribution in [3.63, 3.8) is 0 Å². The number of nitrogens with zero attached hydrogens (tertiary/aromatic N) is 3. The van der Waals surface area contributed by atoms with Gasteiger partial charge in [0, 0.05) is 11.8 Å². The Bertz CT molecular complexity index is 1270. The van der Waals surface area contributed by atoms with Crippen molar-refractivity contribution in [1.82, 2.24) is 14.6 Å². The molecule has 0 bridgehead atoms. The fourth-order valence-electron chi connectivity index (χ4n) is 2.73. The number of esters is 1. The van der Waals surface area contributed by atoms with E-state index in [0.29, 0.717) is 21.4 Å². The molecule has 0 aliphatic rings. The summed E-state index contributed by atoms with van der Waals surface area (Å²) in [6.07, 6.45) is 0. The van der Waals surface area contributed by atoms with E-state index in [1.165, 1.54) is 34.1 Å². The third kappa shape index (κ3) is 4.36. The van der Waals surface area contributed by atoms with Gasteiger partial charge in [-0.1, -0.05) is 35.6 Å². The lowest BCUT2D eigenvalue weighted by molar-refractivity contribution is 0.0466. The Kier molecular flexibility index (Phi) is 5.53. The SMILES string of the molecule is Cc1cc(=O)n2nc(COC(=O)c3ccccc3OCc3ccc(F)cc3)sc2n1. The minimum atomic E-state index is -0.583. The van der Waals surface area contributed by atoms with Crippen molar-refractivity contribution in [2.24, 2.45) is 0 Å². The molecule has 0 aliphatic heterocycles. The fourth-order valence-corrected chi connectivity index (χ4v) is 3.58. The third-order valence-electron chi connectivity index (χ3n) is 4.16. The number of benzene rings is 2. The average Bonchev–Trinajstić information content (AvgIpc) is 3.15. The van der Waals surface area contributed by atoms with Crippen LogP contribution in [-0.2, 0) is 18.0 Å². The fraction of sp³-hybridized carbons (Fsp3) is 0.143. The monoisotopic (exact) mass is 425 g/mol. The molecular weight excluding hydrogens is 409 g/mol. The normalized spacial score (nSPS) is 10.9. The van der Waals surface area contributed by atoms with Crippen molar-refractivity contribution in [2.75, 3.05) is 0 Å². The number of aryl methyl sites for hydroxylation is 1. The Morgan fingerprint density at radius 1 is 1.13 bits per heavy atom. The average molecular weight is 425 g/mol. The molecule has 9 heteroatoms. The topological polar surface area (TPSA) is 82.8 Å². The maximum Gasteiger partial charge on any atom is 0.342 e. The van der Waals surface area contributed by atoms with Gasteiger partial charge < -0.3 is 9.47 Å². The molecule has 2 heterocycles. The largest absolute Gasteiger partial charge is 0.488 e. The number of rotatable bonds is 6. The van der Waals surface area contributed by atoms with Crippen molar-refractivity contribution in [3.05, 3.63) is 92.6 Å². The summed E-state index contributed by atoms with van der Waals surface area (Å²) in [5.74, 6) is -0.560. The van der Waals surface area contributed by atoms with Gasteiger partial charge in [0.15, 0.2) is 5.01 Å². The summed E-state index contributed by atoms with van der Waals surface area (Å²) in [5, 5.41) is 4.59. The molecule has 0 atom stereocenters. The molecule has 0 radical (unpaired) electrons. The number of fused-ring (bicyclic) bond motifs is 1.